The Morgan fingerprint density at radius 2 is 2.00 bits per heavy atom. The van der Waals surface area contributed by atoms with Crippen molar-refractivity contribution < 1.29 is 13.9 Å². The van der Waals surface area contributed by atoms with Crippen molar-refractivity contribution in [1.82, 2.24) is 24.9 Å². The van der Waals surface area contributed by atoms with Crippen LogP contribution in [0.5, 0.6) is 5.88 Å². The Kier molecular flexibility index (Phi) is 4.26. The van der Waals surface area contributed by atoms with Crippen molar-refractivity contribution in [3.8, 4) is 11.6 Å². The lowest BCUT2D eigenvalue weighted by Gasteiger charge is -2.33. The van der Waals surface area contributed by atoms with Crippen LogP contribution < -0.4 is 4.74 Å². The highest BCUT2D eigenvalue weighted by atomic mass is 19.1. The molecule has 0 radical (unpaired) electrons. The molecule has 1 aromatic carbocycles. The molecule has 8 heteroatoms. The van der Waals surface area contributed by atoms with Gasteiger partial charge in [0.15, 0.2) is 0 Å². The molecule has 1 aliphatic heterocycles. The number of aryl methyl sites for hydroxylation is 1. The molecule has 3 heterocycles. The number of piperidine rings is 1. The van der Waals surface area contributed by atoms with Crippen molar-refractivity contribution >= 4 is 5.91 Å². The lowest BCUT2D eigenvalue weighted by molar-refractivity contribution is 0.0462. The number of hydrogen-bond acceptors (Lipinski definition) is 5. The number of rotatable bonds is 4. The van der Waals surface area contributed by atoms with Crippen molar-refractivity contribution in [3.05, 3.63) is 65.9 Å². The van der Waals surface area contributed by atoms with E-state index in [0.717, 1.165) is 18.4 Å². The van der Waals surface area contributed by atoms with Crippen LogP contribution in [-0.4, -0.2) is 49.5 Å². The summed E-state index contributed by atoms with van der Waals surface area (Å²) in [4.78, 5) is 20.7. The van der Waals surface area contributed by atoms with Crippen LogP contribution in [-0.2, 0) is 0 Å². The monoisotopic (exact) mass is 393 g/mol. The zero-order valence-corrected chi connectivity index (χ0v) is 15.9. The van der Waals surface area contributed by atoms with Crippen LogP contribution in [0, 0.1) is 18.7 Å². The number of fused-ring (bicyclic) bond motifs is 2. The Bertz CT molecular complexity index is 1040. The van der Waals surface area contributed by atoms with Gasteiger partial charge in [0, 0.05) is 18.8 Å². The third-order valence-electron chi connectivity index (χ3n) is 5.68. The summed E-state index contributed by atoms with van der Waals surface area (Å²) < 4.78 is 20.8. The molecule has 148 valence electrons. The van der Waals surface area contributed by atoms with Gasteiger partial charge in [-0.05, 0) is 43.4 Å². The van der Waals surface area contributed by atoms with E-state index < -0.39 is 5.82 Å². The smallest absolute Gasteiger partial charge is 0.259 e. The molecule has 0 N–H and O–H groups in total. The molecule has 1 saturated carbocycles. The molecule has 7 nitrogen and oxygen atoms in total. The van der Waals surface area contributed by atoms with E-state index in [2.05, 4.69) is 15.2 Å². The number of nitrogens with zero attached hydrogens (tertiary/aromatic N) is 5. The van der Waals surface area contributed by atoms with Gasteiger partial charge in [-0.25, -0.2) is 9.37 Å². The first kappa shape index (κ1) is 17.8. The van der Waals surface area contributed by atoms with Gasteiger partial charge in [-0.15, -0.1) is 0 Å². The SMILES string of the molecule is Cc1ccc(OC2CC3CC2N(C(=O)c2c(F)cccc2-n2nccn2)C3)nc1. The average Bonchev–Trinajstić information content (AvgIpc) is 3.46. The summed E-state index contributed by atoms with van der Waals surface area (Å²) in [5, 5.41) is 8.12. The second-order valence-corrected chi connectivity index (χ2v) is 7.64. The van der Waals surface area contributed by atoms with Crippen molar-refractivity contribution in [2.45, 2.75) is 31.9 Å². The van der Waals surface area contributed by atoms with Crippen LogP contribution in [0.1, 0.15) is 28.8 Å². The molecule has 3 atom stereocenters. The fourth-order valence-corrected chi connectivity index (χ4v) is 4.38. The number of aromatic nitrogens is 4. The molecule has 29 heavy (non-hydrogen) atoms. The van der Waals surface area contributed by atoms with Gasteiger partial charge in [-0.3, -0.25) is 4.79 Å². The van der Waals surface area contributed by atoms with E-state index in [4.69, 9.17) is 4.74 Å². The van der Waals surface area contributed by atoms with Crippen LogP contribution in [0.3, 0.4) is 0 Å². The maximum Gasteiger partial charge on any atom is 0.259 e. The minimum Gasteiger partial charge on any atom is -0.472 e. The predicted molar refractivity (Wildman–Crippen MR) is 102 cm³/mol. The molecule has 2 aliphatic rings. The minimum absolute atomic E-state index is 0.0107. The number of carbonyl (C=O) groups excluding carboxylic acids is 1. The zero-order valence-electron chi connectivity index (χ0n) is 15.9. The van der Waals surface area contributed by atoms with Gasteiger partial charge in [-0.1, -0.05) is 12.1 Å². The largest absolute Gasteiger partial charge is 0.472 e. The van der Waals surface area contributed by atoms with Gasteiger partial charge in [0.05, 0.1) is 18.4 Å². The molecule has 3 unspecified atom stereocenters. The van der Waals surface area contributed by atoms with Crippen LogP contribution in [0.25, 0.3) is 5.69 Å². The van der Waals surface area contributed by atoms with E-state index in [9.17, 15) is 9.18 Å². The topological polar surface area (TPSA) is 73.1 Å². The van der Waals surface area contributed by atoms with Crippen molar-refractivity contribution in [1.29, 1.82) is 0 Å². The number of likely N-dealkylation sites (tertiary alicyclic amines) is 1. The summed E-state index contributed by atoms with van der Waals surface area (Å²) in [6.07, 6.45) is 6.32. The molecule has 2 fully saturated rings. The zero-order chi connectivity index (χ0) is 20.0. The van der Waals surface area contributed by atoms with Crippen molar-refractivity contribution in [2.24, 2.45) is 5.92 Å². The molecule has 0 spiro atoms. The number of carbonyl (C=O) groups is 1. The van der Waals surface area contributed by atoms with Gasteiger partial charge in [-0.2, -0.15) is 15.0 Å². The number of halogens is 1. The fraction of sp³-hybridized carbons (Fsp3) is 0.333. The first-order chi connectivity index (χ1) is 14.1. The van der Waals surface area contributed by atoms with E-state index in [-0.39, 0.29) is 23.6 Å². The third kappa shape index (κ3) is 3.14. The molecule has 2 aromatic heterocycles. The highest BCUT2D eigenvalue weighted by Gasteiger charge is 2.49. The molecule has 3 aromatic rings. The van der Waals surface area contributed by atoms with Gasteiger partial charge in [0.25, 0.3) is 5.91 Å². The molecule has 1 saturated heterocycles. The summed E-state index contributed by atoms with van der Waals surface area (Å²) in [5.41, 5.74) is 1.38. The second kappa shape index (κ2) is 6.95. The maximum absolute atomic E-state index is 14.7. The summed E-state index contributed by atoms with van der Waals surface area (Å²) >= 11 is 0. The average molecular weight is 393 g/mol. The molecular weight excluding hydrogens is 373 g/mol. The predicted octanol–water partition coefficient (Wildman–Crippen LogP) is 2.79. The van der Waals surface area contributed by atoms with Gasteiger partial charge in [0.2, 0.25) is 5.88 Å². The fourth-order valence-electron chi connectivity index (χ4n) is 4.38. The quantitative estimate of drug-likeness (QED) is 0.682. The summed E-state index contributed by atoms with van der Waals surface area (Å²) in [6.45, 7) is 2.57. The molecule has 1 amide bonds. The third-order valence-corrected chi connectivity index (χ3v) is 5.68. The highest BCUT2D eigenvalue weighted by molar-refractivity contribution is 5.98. The maximum atomic E-state index is 14.7. The van der Waals surface area contributed by atoms with E-state index >= 15 is 0 Å². The van der Waals surface area contributed by atoms with Crippen LogP contribution in [0.2, 0.25) is 0 Å². The van der Waals surface area contributed by atoms with E-state index in [1.54, 1.807) is 23.2 Å². The van der Waals surface area contributed by atoms with Crippen molar-refractivity contribution in [2.75, 3.05) is 6.54 Å². The number of pyridine rings is 1. The Morgan fingerprint density at radius 1 is 1.17 bits per heavy atom. The normalized spacial score (nSPS) is 22.8. The van der Waals surface area contributed by atoms with E-state index in [1.165, 1.54) is 23.3 Å². The Hall–Kier alpha value is -3.29. The summed E-state index contributed by atoms with van der Waals surface area (Å²) in [5.74, 6) is -0.0383. The number of amides is 1. The Labute approximate surface area is 167 Å². The lowest BCUT2D eigenvalue weighted by Crippen LogP contribution is -2.47. The standard InChI is InChI=1S/C21H20FN5O2/c1-13-5-6-19(23-11-13)29-18-10-14-9-17(18)26(12-14)21(28)20-15(22)3-2-4-16(20)27-24-7-8-25-27/h2-8,11,14,17-18H,9-10,12H2,1H3. The van der Waals surface area contributed by atoms with Crippen LogP contribution in [0.15, 0.2) is 48.9 Å². The minimum atomic E-state index is -0.578. The summed E-state index contributed by atoms with van der Waals surface area (Å²) in [7, 11) is 0. The molecular formula is C21H20FN5O2. The Morgan fingerprint density at radius 3 is 2.72 bits per heavy atom. The highest BCUT2D eigenvalue weighted by Crippen LogP contribution is 2.40. The van der Waals surface area contributed by atoms with Gasteiger partial charge >= 0.3 is 0 Å². The molecule has 1 aliphatic carbocycles. The first-order valence-corrected chi connectivity index (χ1v) is 9.65. The lowest BCUT2D eigenvalue weighted by atomic mass is 10.1. The van der Waals surface area contributed by atoms with Gasteiger partial charge in [0.1, 0.15) is 23.2 Å². The first-order valence-electron chi connectivity index (χ1n) is 9.65. The second-order valence-electron chi connectivity index (χ2n) is 7.64. The van der Waals surface area contributed by atoms with Crippen LogP contribution >= 0.6 is 0 Å². The Balaban J connectivity index is 1.42. The van der Waals surface area contributed by atoms with E-state index in [0.29, 0.717) is 24.0 Å². The summed E-state index contributed by atoms with van der Waals surface area (Å²) in [6, 6.07) is 8.17. The number of ether oxygens (including phenoxy) is 1. The molecule has 2 bridgehead atoms. The van der Waals surface area contributed by atoms with Crippen molar-refractivity contribution in [3.63, 3.8) is 0 Å². The number of hydrogen-bond donors (Lipinski definition) is 0. The van der Waals surface area contributed by atoms with Gasteiger partial charge < -0.3 is 9.64 Å². The van der Waals surface area contributed by atoms with E-state index in [1.807, 2.05) is 19.1 Å². The van der Waals surface area contributed by atoms with Crippen LogP contribution in [0.4, 0.5) is 4.39 Å². The molecule has 5 rings (SSSR count). The number of benzene rings is 1.